The highest BCUT2D eigenvalue weighted by Gasteiger charge is 2.19. The molecule has 0 saturated heterocycles. The minimum Gasteiger partial charge on any atom is -0.479 e. The number of carboxylic acid groups (broad SMARTS) is 1. The van der Waals surface area contributed by atoms with Gasteiger partial charge in [-0.05, 0) is 18.1 Å². The Morgan fingerprint density at radius 1 is 1.47 bits per heavy atom. The lowest BCUT2D eigenvalue weighted by atomic mass is 10.1. The zero-order valence-electron chi connectivity index (χ0n) is 9.86. The summed E-state index contributed by atoms with van der Waals surface area (Å²) in [6, 6.07) is 6.16. The van der Waals surface area contributed by atoms with Crippen molar-refractivity contribution in [3.8, 4) is 0 Å². The van der Waals surface area contributed by atoms with Crippen LogP contribution in [-0.2, 0) is 16.0 Å². The van der Waals surface area contributed by atoms with E-state index in [0.29, 0.717) is 12.2 Å². The Bertz CT molecular complexity index is 365. The van der Waals surface area contributed by atoms with Crippen molar-refractivity contribution in [3.63, 3.8) is 0 Å². The highest BCUT2D eigenvalue weighted by Crippen LogP contribution is 2.11. The van der Waals surface area contributed by atoms with Gasteiger partial charge in [0.15, 0.2) is 6.10 Å². The second-order valence-electron chi connectivity index (χ2n) is 3.85. The van der Waals surface area contributed by atoms with E-state index >= 15 is 0 Å². The smallest absolute Gasteiger partial charge is 0.333 e. The molecule has 1 rings (SSSR count). The summed E-state index contributed by atoms with van der Waals surface area (Å²) in [6.45, 7) is 2.39. The fourth-order valence-electron chi connectivity index (χ4n) is 1.45. The number of halogens is 1. The molecule has 0 saturated carbocycles. The molecule has 3 nitrogen and oxygen atoms in total. The quantitative estimate of drug-likeness (QED) is 0.745. The Morgan fingerprint density at radius 3 is 2.76 bits per heavy atom. The first kappa shape index (κ1) is 13.6. The van der Waals surface area contributed by atoms with Crippen molar-refractivity contribution >= 4 is 5.97 Å². The number of hydrogen-bond donors (Lipinski definition) is 1. The molecule has 0 spiro atoms. The lowest BCUT2D eigenvalue weighted by Gasteiger charge is -2.13. The molecule has 17 heavy (non-hydrogen) atoms. The van der Waals surface area contributed by atoms with E-state index in [-0.39, 0.29) is 6.42 Å². The number of unbranched alkanes of at least 4 members (excludes halogenated alkanes) is 1. The van der Waals surface area contributed by atoms with Crippen molar-refractivity contribution in [2.24, 2.45) is 0 Å². The Hall–Kier alpha value is -1.42. The molecule has 1 unspecified atom stereocenters. The second kappa shape index (κ2) is 7.01. The number of ether oxygens (including phenoxy) is 1. The van der Waals surface area contributed by atoms with Crippen LogP contribution >= 0.6 is 0 Å². The molecule has 1 aromatic carbocycles. The predicted molar refractivity (Wildman–Crippen MR) is 62.4 cm³/mol. The molecular formula is C13H17FO3. The molecular weight excluding hydrogens is 223 g/mol. The van der Waals surface area contributed by atoms with Gasteiger partial charge < -0.3 is 9.84 Å². The van der Waals surface area contributed by atoms with Crippen LogP contribution in [0.4, 0.5) is 4.39 Å². The average molecular weight is 240 g/mol. The van der Waals surface area contributed by atoms with Crippen LogP contribution in [0.25, 0.3) is 0 Å². The summed E-state index contributed by atoms with van der Waals surface area (Å²) in [5.41, 5.74) is 0.372. The van der Waals surface area contributed by atoms with Gasteiger partial charge in [0.05, 0.1) is 0 Å². The van der Waals surface area contributed by atoms with Crippen molar-refractivity contribution in [2.45, 2.75) is 32.3 Å². The lowest BCUT2D eigenvalue weighted by molar-refractivity contribution is -0.150. The maximum atomic E-state index is 13.4. The minimum atomic E-state index is -1.05. The standard InChI is InChI=1S/C13H17FO3/c1-2-3-8-17-12(13(15)16)9-10-6-4-5-7-11(10)14/h4-7,12H,2-3,8-9H2,1H3,(H,15,16). The lowest BCUT2D eigenvalue weighted by Crippen LogP contribution is -2.27. The van der Waals surface area contributed by atoms with Gasteiger partial charge in [-0.25, -0.2) is 9.18 Å². The maximum Gasteiger partial charge on any atom is 0.333 e. The fraction of sp³-hybridized carbons (Fsp3) is 0.462. The average Bonchev–Trinajstić information content (AvgIpc) is 2.30. The van der Waals surface area contributed by atoms with Gasteiger partial charge in [0, 0.05) is 13.0 Å². The van der Waals surface area contributed by atoms with E-state index in [4.69, 9.17) is 9.84 Å². The maximum absolute atomic E-state index is 13.4. The van der Waals surface area contributed by atoms with E-state index in [1.165, 1.54) is 6.07 Å². The number of carboxylic acids is 1. The van der Waals surface area contributed by atoms with Gasteiger partial charge in [-0.3, -0.25) is 0 Å². The molecule has 0 aromatic heterocycles. The molecule has 0 fully saturated rings. The first-order valence-electron chi connectivity index (χ1n) is 5.73. The van der Waals surface area contributed by atoms with Crippen molar-refractivity contribution in [2.75, 3.05) is 6.61 Å². The zero-order valence-corrected chi connectivity index (χ0v) is 9.86. The highest BCUT2D eigenvalue weighted by molar-refractivity contribution is 5.72. The van der Waals surface area contributed by atoms with Crippen molar-refractivity contribution in [1.29, 1.82) is 0 Å². The van der Waals surface area contributed by atoms with E-state index in [1.807, 2.05) is 6.92 Å². The van der Waals surface area contributed by atoms with Gasteiger partial charge in [-0.15, -0.1) is 0 Å². The zero-order chi connectivity index (χ0) is 12.7. The van der Waals surface area contributed by atoms with Crippen LogP contribution in [0.2, 0.25) is 0 Å². The van der Waals surface area contributed by atoms with Crippen LogP contribution in [0.3, 0.4) is 0 Å². The van der Waals surface area contributed by atoms with Crippen LogP contribution < -0.4 is 0 Å². The molecule has 0 heterocycles. The summed E-state index contributed by atoms with van der Waals surface area (Å²) in [5, 5.41) is 8.98. The number of aliphatic carboxylic acids is 1. The minimum absolute atomic E-state index is 0.0612. The number of carbonyl (C=O) groups is 1. The molecule has 1 atom stereocenters. The van der Waals surface area contributed by atoms with E-state index < -0.39 is 17.9 Å². The van der Waals surface area contributed by atoms with Gasteiger partial charge >= 0.3 is 5.97 Å². The Labute approximate surface area is 100 Å². The van der Waals surface area contributed by atoms with Gasteiger partial charge in [-0.2, -0.15) is 0 Å². The summed E-state index contributed by atoms with van der Waals surface area (Å²) in [5.74, 6) is -1.44. The summed E-state index contributed by atoms with van der Waals surface area (Å²) in [7, 11) is 0. The largest absolute Gasteiger partial charge is 0.479 e. The molecule has 0 bridgehead atoms. The number of rotatable bonds is 7. The van der Waals surface area contributed by atoms with E-state index in [2.05, 4.69) is 0 Å². The molecule has 0 radical (unpaired) electrons. The molecule has 1 aromatic rings. The third-order valence-corrected chi connectivity index (χ3v) is 2.46. The second-order valence-corrected chi connectivity index (χ2v) is 3.85. The molecule has 94 valence electrons. The highest BCUT2D eigenvalue weighted by atomic mass is 19.1. The Morgan fingerprint density at radius 2 is 2.18 bits per heavy atom. The summed E-state index contributed by atoms with van der Waals surface area (Å²) in [6.07, 6.45) is 0.831. The first-order valence-corrected chi connectivity index (χ1v) is 5.73. The Balaban J connectivity index is 2.61. The fourth-order valence-corrected chi connectivity index (χ4v) is 1.45. The third kappa shape index (κ3) is 4.53. The molecule has 0 aliphatic heterocycles. The monoisotopic (exact) mass is 240 g/mol. The molecule has 0 aliphatic rings. The molecule has 1 N–H and O–H groups in total. The normalized spacial score (nSPS) is 12.4. The SMILES string of the molecule is CCCCOC(Cc1ccccc1F)C(=O)O. The van der Waals surface area contributed by atoms with Crippen molar-refractivity contribution < 1.29 is 19.0 Å². The van der Waals surface area contributed by atoms with Crippen LogP contribution in [0.1, 0.15) is 25.3 Å². The van der Waals surface area contributed by atoms with Crippen LogP contribution in [0.5, 0.6) is 0 Å². The van der Waals surface area contributed by atoms with Crippen LogP contribution in [-0.4, -0.2) is 23.8 Å². The number of hydrogen-bond acceptors (Lipinski definition) is 2. The van der Waals surface area contributed by atoms with E-state index in [1.54, 1.807) is 18.2 Å². The topological polar surface area (TPSA) is 46.5 Å². The molecule has 4 heteroatoms. The van der Waals surface area contributed by atoms with Gasteiger partial charge in [0.25, 0.3) is 0 Å². The van der Waals surface area contributed by atoms with E-state index in [0.717, 1.165) is 12.8 Å². The first-order chi connectivity index (χ1) is 8.15. The van der Waals surface area contributed by atoms with Crippen LogP contribution in [0.15, 0.2) is 24.3 Å². The van der Waals surface area contributed by atoms with Gasteiger partial charge in [-0.1, -0.05) is 31.5 Å². The third-order valence-electron chi connectivity index (χ3n) is 2.46. The Kier molecular flexibility index (Phi) is 5.63. The number of benzene rings is 1. The van der Waals surface area contributed by atoms with Gasteiger partial charge in [0.2, 0.25) is 0 Å². The van der Waals surface area contributed by atoms with Crippen molar-refractivity contribution in [3.05, 3.63) is 35.6 Å². The van der Waals surface area contributed by atoms with Crippen LogP contribution in [0, 0.1) is 5.82 Å². The molecule has 0 amide bonds. The predicted octanol–water partition coefficient (Wildman–Crippen LogP) is 2.64. The molecule has 0 aliphatic carbocycles. The summed E-state index contributed by atoms with van der Waals surface area (Å²) >= 11 is 0. The van der Waals surface area contributed by atoms with Crippen molar-refractivity contribution in [1.82, 2.24) is 0 Å². The van der Waals surface area contributed by atoms with Gasteiger partial charge in [0.1, 0.15) is 5.82 Å². The summed E-state index contributed by atoms with van der Waals surface area (Å²) in [4.78, 5) is 11.0. The van der Waals surface area contributed by atoms with E-state index in [9.17, 15) is 9.18 Å². The summed E-state index contributed by atoms with van der Waals surface area (Å²) < 4.78 is 18.6.